The molecular formula is C36H43N5O4. The summed E-state index contributed by atoms with van der Waals surface area (Å²) in [6.45, 7) is 6.24. The van der Waals surface area contributed by atoms with Gasteiger partial charge in [-0.1, -0.05) is 87.0 Å². The molecule has 5 aliphatic rings. The summed E-state index contributed by atoms with van der Waals surface area (Å²) in [5.74, 6) is 1.12. The Hall–Kier alpha value is -3.92. The fourth-order valence-electron chi connectivity index (χ4n) is 8.25. The number of benzene rings is 2. The SMILES string of the molecule is CCC(C)[C@@H]1N2C(=O)CN(C)N(C(=O)NCc3ccc(OC)cc3)[C@H]2CN2CC(c3ccccc3)C3=CC4OC(/C=C\C=C3)C412. The first-order valence-corrected chi connectivity index (χ1v) is 16.1. The van der Waals surface area contributed by atoms with Crippen LogP contribution < -0.4 is 10.1 Å². The number of allylic oxidation sites excluding steroid dienone is 3. The summed E-state index contributed by atoms with van der Waals surface area (Å²) < 4.78 is 12.0. The highest BCUT2D eigenvalue weighted by molar-refractivity contribution is 5.83. The summed E-state index contributed by atoms with van der Waals surface area (Å²) in [6, 6.07) is 18.0. The average Bonchev–Trinajstić information content (AvgIpc) is 3.14. The number of likely N-dealkylation sites (N-methyl/N-ethyl adjacent to an activating group) is 1. The molecule has 5 heterocycles. The van der Waals surface area contributed by atoms with Crippen molar-refractivity contribution in [3.63, 3.8) is 0 Å². The number of rotatable bonds is 6. The number of nitrogens with one attached hydrogen (secondary N) is 1. The van der Waals surface area contributed by atoms with Gasteiger partial charge in [-0.15, -0.1) is 0 Å². The Morgan fingerprint density at radius 1 is 1.09 bits per heavy atom. The summed E-state index contributed by atoms with van der Waals surface area (Å²) in [6.07, 6.45) is 11.0. The zero-order chi connectivity index (χ0) is 31.3. The summed E-state index contributed by atoms with van der Waals surface area (Å²) in [4.78, 5) is 32.8. The van der Waals surface area contributed by atoms with E-state index in [1.807, 2.05) is 31.3 Å². The topological polar surface area (TPSA) is 77.6 Å². The molecule has 1 N–H and O–H groups in total. The van der Waals surface area contributed by atoms with E-state index < -0.39 is 11.7 Å². The quantitative estimate of drug-likeness (QED) is 0.526. The Morgan fingerprint density at radius 2 is 1.87 bits per heavy atom. The molecule has 5 aliphatic heterocycles. The van der Waals surface area contributed by atoms with Crippen molar-refractivity contribution in [2.75, 3.05) is 33.8 Å². The highest BCUT2D eigenvalue weighted by Crippen LogP contribution is 2.54. The number of amides is 3. The van der Waals surface area contributed by atoms with Gasteiger partial charge >= 0.3 is 6.03 Å². The second-order valence-electron chi connectivity index (χ2n) is 12.9. The maximum absolute atomic E-state index is 14.1. The van der Waals surface area contributed by atoms with Crippen LogP contribution in [0.3, 0.4) is 0 Å². The van der Waals surface area contributed by atoms with E-state index >= 15 is 0 Å². The number of carbonyl (C=O) groups is 2. The highest BCUT2D eigenvalue weighted by atomic mass is 16.5. The van der Waals surface area contributed by atoms with Crippen LogP contribution >= 0.6 is 0 Å². The Kier molecular flexibility index (Phi) is 7.79. The third-order valence-corrected chi connectivity index (χ3v) is 10.6. The molecule has 2 aromatic rings. The molecule has 236 valence electrons. The van der Waals surface area contributed by atoms with E-state index in [1.54, 1.807) is 17.1 Å². The lowest BCUT2D eigenvalue weighted by molar-refractivity contribution is -0.291. The number of methoxy groups -OCH3 is 1. The molecule has 7 atom stereocenters. The van der Waals surface area contributed by atoms with E-state index in [2.05, 4.69) is 89.7 Å². The van der Waals surface area contributed by atoms with Crippen LogP contribution in [0.4, 0.5) is 4.79 Å². The molecule has 0 saturated carbocycles. The van der Waals surface area contributed by atoms with Gasteiger partial charge in [-0.25, -0.2) is 14.8 Å². The maximum Gasteiger partial charge on any atom is 0.334 e. The smallest absolute Gasteiger partial charge is 0.334 e. The molecule has 1 spiro atoms. The molecule has 3 bridgehead atoms. The van der Waals surface area contributed by atoms with Gasteiger partial charge in [-0.3, -0.25) is 9.69 Å². The van der Waals surface area contributed by atoms with E-state index in [0.29, 0.717) is 13.1 Å². The number of piperazine rings is 1. The van der Waals surface area contributed by atoms with Crippen LogP contribution in [0.5, 0.6) is 5.75 Å². The van der Waals surface area contributed by atoms with Crippen molar-refractivity contribution >= 4 is 11.9 Å². The van der Waals surface area contributed by atoms with Crippen molar-refractivity contribution in [3.05, 3.63) is 102 Å². The lowest BCUT2D eigenvalue weighted by atomic mass is 9.65. The summed E-state index contributed by atoms with van der Waals surface area (Å²) in [5.41, 5.74) is 3.00. The van der Waals surface area contributed by atoms with Gasteiger partial charge in [0.2, 0.25) is 5.91 Å². The molecule has 2 aromatic carbocycles. The van der Waals surface area contributed by atoms with Crippen molar-refractivity contribution in [3.8, 4) is 5.75 Å². The summed E-state index contributed by atoms with van der Waals surface area (Å²) in [5, 5.41) is 6.69. The van der Waals surface area contributed by atoms with Crippen LogP contribution in [0.15, 0.2) is 90.6 Å². The fraction of sp³-hybridized carbons (Fsp3) is 0.444. The van der Waals surface area contributed by atoms with E-state index in [4.69, 9.17) is 9.47 Å². The van der Waals surface area contributed by atoms with Crippen molar-refractivity contribution in [1.82, 2.24) is 25.1 Å². The summed E-state index contributed by atoms with van der Waals surface area (Å²) >= 11 is 0. The molecule has 9 nitrogen and oxygen atoms in total. The number of hydrogen-bond acceptors (Lipinski definition) is 6. The van der Waals surface area contributed by atoms with Crippen molar-refractivity contribution in [2.45, 2.75) is 62.7 Å². The van der Waals surface area contributed by atoms with Gasteiger partial charge in [-0.05, 0) is 40.8 Å². The van der Waals surface area contributed by atoms with Crippen LogP contribution in [0.2, 0.25) is 0 Å². The molecule has 3 amide bonds. The number of carbonyl (C=O) groups excluding carboxylic acids is 2. The Labute approximate surface area is 265 Å². The third kappa shape index (κ3) is 4.80. The Bertz CT molecular complexity index is 1520. The second kappa shape index (κ2) is 11.8. The number of hydrazine groups is 1. The lowest BCUT2D eigenvalue weighted by Gasteiger charge is -2.70. The van der Waals surface area contributed by atoms with Crippen molar-refractivity contribution in [1.29, 1.82) is 0 Å². The van der Waals surface area contributed by atoms with Crippen LogP contribution in [-0.4, -0.2) is 95.5 Å². The fourth-order valence-corrected chi connectivity index (χ4v) is 8.25. The summed E-state index contributed by atoms with van der Waals surface area (Å²) in [7, 11) is 3.48. The van der Waals surface area contributed by atoms with Crippen LogP contribution in [-0.2, 0) is 16.1 Å². The molecule has 7 rings (SSSR count). The first-order valence-electron chi connectivity index (χ1n) is 16.1. The van der Waals surface area contributed by atoms with Crippen LogP contribution in [0, 0.1) is 5.92 Å². The van der Waals surface area contributed by atoms with Crippen LogP contribution in [0.1, 0.15) is 37.3 Å². The van der Waals surface area contributed by atoms with Crippen LogP contribution in [0.25, 0.3) is 0 Å². The predicted octanol–water partition coefficient (Wildman–Crippen LogP) is 4.31. The maximum atomic E-state index is 14.1. The molecular weight excluding hydrogens is 566 g/mol. The first-order chi connectivity index (χ1) is 21.9. The highest BCUT2D eigenvalue weighted by Gasteiger charge is 2.70. The molecule has 5 unspecified atom stereocenters. The molecule has 0 aromatic heterocycles. The van der Waals surface area contributed by atoms with Gasteiger partial charge in [0.25, 0.3) is 0 Å². The van der Waals surface area contributed by atoms with E-state index in [9.17, 15) is 9.59 Å². The van der Waals surface area contributed by atoms with Gasteiger partial charge in [0.1, 0.15) is 29.7 Å². The van der Waals surface area contributed by atoms with Crippen molar-refractivity contribution in [2.24, 2.45) is 5.92 Å². The number of urea groups is 1. The van der Waals surface area contributed by atoms with E-state index in [1.165, 1.54) is 11.1 Å². The zero-order valence-electron chi connectivity index (χ0n) is 26.5. The molecule has 9 heteroatoms. The molecule has 3 saturated heterocycles. The minimum Gasteiger partial charge on any atom is -0.497 e. The minimum atomic E-state index is -0.459. The van der Waals surface area contributed by atoms with E-state index in [0.717, 1.165) is 24.3 Å². The molecule has 0 aliphatic carbocycles. The van der Waals surface area contributed by atoms with Crippen molar-refractivity contribution < 1.29 is 19.1 Å². The minimum absolute atomic E-state index is 0.0514. The second-order valence-corrected chi connectivity index (χ2v) is 12.9. The lowest BCUT2D eigenvalue weighted by Crippen LogP contribution is -2.89. The third-order valence-electron chi connectivity index (χ3n) is 10.6. The number of nitrogens with zero attached hydrogens (tertiary/aromatic N) is 4. The Morgan fingerprint density at radius 3 is 2.60 bits per heavy atom. The molecule has 0 radical (unpaired) electrons. The Balaban J connectivity index is 1.28. The van der Waals surface area contributed by atoms with Gasteiger partial charge in [0.05, 0.1) is 19.7 Å². The molecule has 3 fully saturated rings. The van der Waals surface area contributed by atoms with Gasteiger partial charge < -0.3 is 19.7 Å². The number of hydrogen-bond donors (Lipinski definition) is 1. The monoisotopic (exact) mass is 609 g/mol. The zero-order valence-corrected chi connectivity index (χ0v) is 26.5. The normalized spacial score (nSPS) is 32.1. The molecule has 45 heavy (non-hydrogen) atoms. The van der Waals surface area contributed by atoms with E-state index in [-0.39, 0.29) is 48.6 Å². The standard InChI is InChI=1S/C36H43N5O4/c1-5-24(2)34-36-30-14-10-9-13-27(19-31(36)45-30)29(26-11-7-6-8-12-26)21-39(36)22-32-40(34)33(42)23-38(3)41(32)35(43)37-20-25-15-17-28(44-4)18-16-25/h6-19,24,29-32,34H,5,20-23H2,1-4H3,(H,37,43)/b13-9?,14-10-/t24?,29?,30?,31?,32-,34-,36?/m0/s1. The first kappa shape index (κ1) is 29.8. The predicted molar refractivity (Wildman–Crippen MR) is 172 cm³/mol. The number of ether oxygens (including phenoxy) is 2. The average molecular weight is 610 g/mol. The van der Waals surface area contributed by atoms with Gasteiger partial charge in [0.15, 0.2) is 0 Å². The van der Waals surface area contributed by atoms with Gasteiger partial charge in [-0.2, -0.15) is 0 Å². The largest absolute Gasteiger partial charge is 0.497 e. The number of fused-ring (bicyclic) bond motifs is 2. The van der Waals surface area contributed by atoms with Gasteiger partial charge in [0, 0.05) is 32.6 Å².